The van der Waals surface area contributed by atoms with Gasteiger partial charge in [0.15, 0.2) is 0 Å². The first-order valence-electron chi connectivity index (χ1n) is 7.14. The summed E-state index contributed by atoms with van der Waals surface area (Å²) in [6, 6.07) is 0.744. The van der Waals surface area contributed by atoms with Crippen LogP contribution < -0.4 is 0 Å². The quantitative estimate of drug-likeness (QED) is 0.864. The Hall–Kier alpha value is -0.870. The lowest BCUT2D eigenvalue weighted by molar-refractivity contribution is 0.184. The minimum absolute atomic E-state index is 0.744. The van der Waals surface area contributed by atoms with Crippen molar-refractivity contribution < 1.29 is 0 Å². The third kappa shape index (κ3) is 2.59. The van der Waals surface area contributed by atoms with E-state index in [0.717, 1.165) is 30.0 Å². The first kappa shape index (κ1) is 12.2. The maximum atomic E-state index is 4.44. The predicted octanol–water partition coefficient (Wildman–Crippen LogP) is 1.63. The molecule has 1 N–H and O–H groups in total. The molecule has 0 saturated carbocycles. The molecule has 2 atom stereocenters. The maximum absolute atomic E-state index is 4.44. The highest BCUT2D eigenvalue weighted by atomic mass is 15.2. The fourth-order valence-electron chi connectivity index (χ4n) is 3.52. The second kappa shape index (κ2) is 5.02. The lowest BCUT2D eigenvalue weighted by atomic mass is 10.00. The molecule has 100 valence electrons. The van der Waals surface area contributed by atoms with E-state index in [1.807, 2.05) is 6.20 Å². The van der Waals surface area contributed by atoms with Gasteiger partial charge in [-0.15, -0.1) is 0 Å². The van der Waals surface area contributed by atoms with Crippen LogP contribution >= 0.6 is 0 Å². The Kier molecular flexibility index (Phi) is 3.39. The predicted molar refractivity (Wildman–Crippen MR) is 72.4 cm³/mol. The lowest BCUT2D eigenvalue weighted by Crippen LogP contribution is -2.38. The monoisotopic (exact) mass is 248 g/mol. The number of nitrogens with zero attached hydrogens (tertiary/aromatic N) is 3. The summed E-state index contributed by atoms with van der Waals surface area (Å²) in [5.74, 6) is 1.97. The summed E-state index contributed by atoms with van der Waals surface area (Å²) in [4.78, 5) is 13.0. The number of likely N-dealkylation sites (N-methyl/N-ethyl adjacent to an activating group) is 1. The molecule has 0 aliphatic carbocycles. The Morgan fingerprint density at radius 3 is 3.00 bits per heavy atom. The molecule has 0 aromatic carbocycles. The van der Waals surface area contributed by atoms with Crippen LogP contribution in [-0.2, 0) is 6.54 Å². The number of likely N-dealkylation sites (tertiary alicyclic amines) is 1. The molecular formula is C14H24N4. The van der Waals surface area contributed by atoms with Crippen LogP contribution in [0.15, 0.2) is 6.20 Å². The van der Waals surface area contributed by atoms with Crippen LogP contribution in [0.2, 0.25) is 0 Å². The fourth-order valence-corrected chi connectivity index (χ4v) is 3.52. The van der Waals surface area contributed by atoms with Crippen molar-refractivity contribution >= 4 is 0 Å². The molecule has 0 spiro atoms. The van der Waals surface area contributed by atoms with E-state index in [9.17, 15) is 0 Å². The highest BCUT2D eigenvalue weighted by molar-refractivity contribution is 4.99. The maximum Gasteiger partial charge on any atom is 0.120 e. The largest absolute Gasteiger partial charge is 0.345 e. The van der Waals surface area contributed by atoms with Crippen molar-refractivity contribution in [3.05, 3.63) is 17.7 Å². The van der Waals surface area contributed by atoms with Crippen molar-refractivity contribution in [2.24, 2.45) is 5.92 Å². The van der Waals surface area contributed by atoms with Gasteiger partial charge in [0.1, 0.15) is 5.82 Å². The summed E-state index contributed by atoms with van der Waals surface area (Å²) in [7, 11) is 2.30. The molecule has 0 radical (unpaired) electrons. The minimum atomic E-state index is 0.744. The van der Waals surface area contributed by atoms with Crippen LogP contribution in [-0.4, -0.2) is 52.5 Å². The van der Waals surface area contributed by atoms with Crippen molar-refractivity contribution in [3.8, 4) is 0 Å². The first-order chi connectivity index (χ1) is 8.70. The van der Waals surface area contributed by atoms with Gasteiger partial charge >= 0.3 is 0 Å². The minimum Gasteiger partial charge on any atom is -0.345 e. The van der Waals surface area contributed by atoms with Crippen LogP contribution in [0.1, 0.15) is 30.8 Å². The lowest BCUT2D eigenvalue weighted by Gasteiger charge is -2.29. The van der Waals surface area contributed by atoms with Crippen molar-refractivity contribution in [1.82, 2.24) is 19.8 Å². The average Bonchev–Trinajstić information content (AvgIpc) is 2.53. The van der Waals surface area contributed by atoms with E-state index in [0.29, 0.717) is 0 Å². The van der Waals surface area contributed by atoms with Crippen molar-refractivity contribution in [2.75, 3.05) is 26.7 Å². The average molecular weight is 248 g/mol. The summed E-state index contributed by atoms with van der Waals surface area (Å²) < 4.78 is 0. The van der Waals surface area contributed by atoms with E-state index in [2.05, 4.69) is 33.7 Å². The van der Waals surface area contributed by atoms with E-state index in [1.165, 1.54) is 38.9 Å². The zero-order valence-corrected chi connectivity index (χ0v) is 11.5. The van der Waals surface area contributed by atoms with Crippen LogP contribution in [0.3, 0.4) is 0 Å². The Bertz CT molecular complexity index is 400. The number of nitrogens with one attached hydrogen (secondary N) is 1. The van der Waals surface area contributed by atoms with Crippen molar-refractivity contribution in [2.45, 2.75) is 38.8 Å². The van der Waals surface area contributed by atoms with Crippen LogP contribution in [0.5, 0.6) is 0 Å². The molecule has 3 heterocycles. The van der Waals surface area contributed by atoms with Gasteiger partial charge in [-0.05, 0) is 32.7 Å². The summed E-state index contributed by atoms with van der Waals surface area (Å²) >= 11 is 0. The van der Waals surface area contributed by atoms with E-state index in [-0.39, 0.29) is 0 Å². The molecule has 0 unspecified atom stereocenters. The third-order valence-electron chi connectivity index (χ3n) is 4.43. The van der Waals surface area contributed by atoms with Gasteiger partial charge in [-0.2, -0.15) is 0 Å². The normalized spacial score (nSPS) is 30.3. The highest BCUT2D eigenvalue weighted by Crippen LogP contribution is 2.26. The summed E-state index contributed by atoms with van der Waals surface area (Å²) in [6.07, 6.45) is 6.10. The first-order valence-corrected chi connectivity index (χ1v) is 7.14. The number of hydrogen-bond acceptors (Lipinski definition) is 3. The van der Waals surface area contributed by atoms with Crippen molar-refractivity contribution in [1.29, 1.82) is 0 Å². The topological polar surface area (TPSA) is 35.2 Å². The molecule has 2 saturated heterocycles. The van der Waals surface area contributed by atoms with Gasteiger partial charge in [0, 0.05) is 37.6 Å². The molecule has 4 heteroatoms. The summed E-state index contributed by atoms with van der Waals surface area (Å²) in [6.45, 7) is 6.77. The molecule has 1 aromatic heterocycles. The number of hydrogen-bond donors (Lipinski definition) is 1. The molecule has 4 nitrogen and oxygen atoms in total. The molecule has 3 rings (SSSR count). The smallest absolute Gasteiger partial charge is 0.120 e. The van der Waals surface area contributed by atoms with Gasteiger partial charge in [-0.1, -0.05) is 6.42 Å². The molecule has 18 heavy (non-hydrogen) atoms. The molecular weight excluding hydrogens is 224 g/mol. The van der Waals surface area contributed by atoms with Crippen molar-refractivity contribution in [3.63, 3.8) is 0 Å². The standard InChI is InChI=1S/C14H24N4/c1-11-6-15-14(16-11)10-18-8-12-4-3-5-13(9-18)17(2)7-12/h6,12-13H,3-5,7-10H2,1-2H3,(H,15,16)/t12-,13-/m0/s1. The van der Waals surface area contributed by atoms with Gasteiger partial charge < -0.3 is 9.88 Å². The number of H-pyrrole nitrogens is 1. The third-order valence-corrected chi connectivity index (χ3v) is 4.43. The highest BCUT2D eigenvalue weighted by Gasteiger charge is 2.30. The Labute approximate surface area is 109 Å². The van der Waals surface area contributed by atoms with Gasteiger partial charge in [0.05, 0.1) is 6.54 Å². The number of rotatable bonds is 2. The molecule has 2 bridgehead atoms. The fraction of sp³-hybridized carbons (Fsp3) is 0.786. The molecule has 2 fully saturated rings. The second-order valence-electron chi connectivity index (χ2n) is 6.10. The van der Waals surface area contributed by atoms with Crippen LogP contribution in [0.25, 0.3) is 0 Å². The molecule has 2 aliphatic rings. The van der Waals surface area contributed by atoms with E-state index < -0.39 is 0 Å². The van der Waals surface area contributed by atoms with Crippen LogP contribution in [0, 0.1) is 12.8 Å². The van der Waals surface area contributed by atoms with E-state index in [4.69, 9.17) is 0 Å². The number of fused-ring (bicyclic) bond motifs is 3. The number of imidazole rings is 1. The van der Waals surface area contributed by atoms with Gasteiger partial charge in [0.25, 0.3) is 0 Å². The number of aromatic amines is 1. The van der Waals surface area contributed by atoms with Gasteiger partial charge in [0.2, 0.25) is 0 Å². The number of aromatic nitrogens is 2. The van der Waals surface area contributed by atoms with E-state index in [1.54, 1.807) is 0 Å². The molecule has 0 amide bonds. The SMILES string of the molecule is Cc1cnc(CN2C[C@H]3CCC[C@@H](C2)N(C)C3)[nH]1. The Morgan fingerprint density at radius 1 is 1.33 bits per heavy atom. The molecule has 2 aliphatic heterocycles. The number of aryl methyl sites for hydroxylation is 1. The molecule has 1 aromatic rings. The zero-order valence-electron chi connectivity index (χ0n) is 11.5. The van der Waals surface area contributed by atoms with Crippen LogP contribution in [0.4, 0.5) is 0 Å². The second-order valence-corrected chi connectivity index (χ2v) is 6.10. The zero-order chi connectivity index (χ0) is 12.5. The Balaban J connectivity index is 1.70. The summed E-state index contributed by atoms with van der Waals surface area (Å²) in [5.41, 5.74) is 1.16. The van der Waals surface area contributed by atoms with E-state index >= 15 is 0 Å². The Morgan fingerprint density at radius 2 is 2.22 bits per heavy atom. The van der Waals surface area contributed by atoms with Gasteiger partial charge in [-0.3, -0.25) is 4.90 Å². The summed E-state index contributed by atoms with van der Waals surface area (Å²) in [5, 5.41) is 0. The van der Waals surface area contributed by atoms with Gasteiger partial charge in [-0.25, -0.2) is 4.98 Å².